The Morgan fingerprint density at radius 1 is 1.42 bits per heavy atom. The van der Waals surface area contributed by atoms with Gasteiger partial charge in [-0.1, -0.05) is 30.3 Å². The monoisotopic (exact) mass is 280 g/mol. The van der Waals surface area contributed by atoms with Gasteiger partial charge < -0.3 is 4.74 Å². The Hall–Kier alpha value is -1.99. The molecule has 0 N–H and O–H groups in total. The maximum Gasteiger partial charge on any atom is 0.296 e. The molecule has 0 aliphatic carbocycles. The van der Waals surface area contributed by atoms with E-state index in [-0.39, 0.29) is 0 Å². The van der Waals surface area contributed by atoms with E-state index in [4.69, 9.17) is 4.74 Å². The summed E-state index contributed by atoms with van der Waals surface area (Å²) in [5.74, 6) is 0. The van der Waals surface area contributed by atoms with Gasteiger partial charge in [0, 0.05) is 0 Å². The minimum Gasteiger partial charge on any atom is -0.341 e. The van der Waals surface area contributed by atoms with Crippen LogP contribution in [0.25, 0.3) is 0 Å². The van der Waals surface area contributed by atoms with Gasteiger partial charge in [0.1, 0.15) is 6.10 Å². The Balaban J connectivity index is 2.19. The number of hydrogen-bond acceptors (Lipinski definition) is 6. The van der Waals surface area contributed by atoms with Gasteiger partial charge in [0.2, 0.25) is 0 Å². The Morgan fingerprint density at radius 2 is 2.16 bits per heavy atom. The summed E-state index contributed by atoms with van der Waals surface area (Å²) in [5, 5.41) is 9.29. The molecule has 100 valence electrons. The van der Waals surface area contributed by atoms with Crippen LogP contribution in [0.4, 0.5) is 0 Å². The van der Waals surface area contributed by atoms with Crippen molar-refractivity contribution in [1.82, 2.24) is 4.98 Å². The first kappa shape index (κ1) is 13.4. The summed E-state index contributed by atoms with van der Waals surface area (Å²) >= 11 is 1.45. The van der Waals surface area contributed by atoms with E-state index in [0.29, 0.717) is 0 Å². The molecule has 7 heteroatoms. The van der Waals surface area contributed by atoms with E-state index in [1.165, 1.54) is 11.3 Å². The van der Waals surface area contributed by atoms with E-state index in [2.05, 4.69) is 9.82 Å². The number of hydrogen-bond donors (Lipinski definition) is 0. The van der Waals surface area contributed by atoms with Gasteiger partial charge in [-0.25, -0.2) is 4.98 Å². The lowest BCUT2D eigenvalue weighted by Gasteiger charge is -2.16. The lowest BCUT2D eigenvalue weighted by atomic mass is 10.1. The van der Waals surface area contributed by atoms with Crippen molar-refractivity contribution in [2.24, 2.45) is 0 Å². The molecule has 1 atom stereocenters. The van der Waals surface area contributed by atoms with Crippen LogP contribution >= 0.6 is 11.3 Å². The molecule has 1 unspecified atom stereocenters. The zero-order valence-corrected chi connectivity index (χ0v) is 11.0. The minimum atomic E-state index is -0.873. The molecule has 0 amide bonds. The van der Waals surface area contributed by atoms with E-state index in [1.54, 1.807) is 5.51 Å². The second-order valence-corrected chi connectivity index (χ2v) is 4.62. The maximum absolute atomic E-state index is 10.2. The van der Waals surface area contributed by atoms with Crippen molar-refractivity contribution in [3.05, 3.63) is 62.1 Å². The SMILES string of the molecule is Cc1ncsc1C(OCO[N+](=O)[O-])c1ccccc1. The van der Waals surface area contributed by atoms with Gasteiger partial charge in [-0.05, 0) is 12.5 Å². The molecule has 6 nitrogen and oxygen atoms in total. The zero-order valence-electron chi connectivity index (χ0n) is 10.2. The van der Waals surface area contributed by atoms with Crippen molar-refractivity contribution < 1.29 is 14.7 Å². The van der Waals surface area contributed by atoms with Crippen LogP contribution in [-0.2, 0) is 9.57 Å². The largest absolute Gasteiger partial charge is 0.341 e. The Bertz CT molecular complexity index is 544. The third-order valence-corrected chi connectivity index (χ3v) is 3.49. The number of benzene rings is 1. The fourth-order valence-corrected chi connectivity index (χ4v) is 2.53. The van der Waals surface area contributed by atoms with Crippen molar-refractivity contribution in [2.45, 2.75) is 13.0 Å². The number of thiazole rings is 1. The highest BCUT2D eigenvalue weighted by molar-refractivity contribution is 7.09. The maximum atomic E-state index is 10.2. The Labute approximate surface area is 113 Å². The number of nitrogens with zero attached hydrogens (tertiary/aromatic N) is 2. The first-order chi connectivity index (χ1) is 9.18. The van der Waals surface area contributed by atoms with Gasteiger partial charge in [0.15, 0.2) is 6.79 Å². The smallest absolute Gasteiger partial charge is 0.296 e. The molecule has 0 saturated carbocycles. The molecular formula is C12H12N2O4S. The molecule has 19 heavy (non-hydrogen) atoms. The summed E-state index contributed by atoms with van der Waals surface area (Å²) in [6.45, 7) is 1.46. The van der Waals surface area contributed by atoms with Crippen molar-refractivity contribution in [1.29, 1.82) is 0 Å². The zero-order chi connectivity index (χ0) is 13.7. The van der Waals surface area contributed by atoms with Crippen LogP contribution in [0.15, 0.2) is 35.8 Å². The number of ether oxygens (including phenoxy) is 1. The van der Waals surface area contributed by atoms with Crippen LogP contribution < -0.4 is 0 Å². The molecule has 1 aromatic carbocycles. The van der Waals surface area contributed by atoms with E-state index in [9.17, 15) is 10.1 Å². The minimum absolute atomic E-state index is 0.409. The fraction of sp³-hybridized carbons (Fsp3) is 0.250. The van der Waals surface area contributed by atoms with Crippen LogP contribution in [0.3, 0.4) is 0 Å². The number of rotatable bonds is 6. The number of aromatic nitrogens is 1. The standard InChI is InChI=1S/C12H12N2O4S/c1-9-12(19-7-13-9)11(17-8-18-14(15)16)10-5-3-2-4-6-10/h2-7,11H,8H2,1H3. The molecular weight excluding hydrogens is 268 g/mol. The lowest BCUT2D eigenvalue weighted by molar-refractivity contribution is -0.767. The van der Waals surface area contributed by atoms with E-state index in [1.807, 2.05) is 37.3 Å². The summed E-state index contributed by atoms with van der Waals surface area (Å²) in [6.07, 6.45) is -0.409. The summed E-state index contributed by atoms with van der Waals surface area (Å²) in [5.41, 5.74) is 3.47. The summed E-state index contributed by atoms with van der Waals surface area (Å²) in [4.78, 5) is 19.5. The molecule has 0 bridgehead atoms. The molecule has 2 rings (SSSR count). The van der Waals surface area contributed by atoms with Crippen molar-refractivity contribution in [2.75, 3.05) is 6.79 Å². The van der Waals surface area contributed by atoms with Crippen molar-refractivity contribution in [3.63, 3.8) is 0 Å². The van der Waals surface area contributed by atoms with Gasteiger partial charge in [-0.3, -0.25) is 4.84 Å². The molecule has 0 fully saturated rings. The summed E-state index contributed by atoms with van der Waals surface area (Å²) < 4.78 is 5.47. The van der Waals surface area contributed by atoms with Crippen LogP contribution in [-0.4, -0.2) is 16.9 Å². The van der Waals surface area contributed by atoms with E-state index >= 15 is 0 Å². The normalized spacial score (nSPS) is 12.1. The van der Waals surface area contributed by atoms with Crippen molar-refractivity contribution in [3.8, 4) is 0 Å². The van der Waals surface area contributed by atoms with Crippen molar-refractivity contribution >= 4 is 11.3 Å². The first-order valence-corrected chi connectivity index (χ1v) is 6.40. The third-order valence-electron chi connectivity index (χ3n) is 2.52. The Morgan fingerprint density at radius 3 is 2.74 bits per heavy atom. The Kier molecular flexibility index (Phi) is 4.43. The third kappa shape index (κ3) is 3.49. The molecule has 1 heterocycles. The molecule has 0 saturated heterocycles. The van der Waals surface area contributed by atoms with Crippen LogP contribution in [0.2, 0.25) is 0 Å². The lowest BCUT2D eigenvalue weighted by Crippen LogP contribution is -2.11. The quantitative estimate of drug-likeness (QED) is 0.462. The highest BCUT2D eigenvalue weighted by Gasteiger charge is 2.19. The molecule has 0 radical (unpaired) electrons. The fourth-order valence-electron chi connectivity index (χ4n) is 1.66. The van der Waals surface area contributed by atoms with Gasteiger partial charge in [0.05, 0.1) is 16.1 Å². The van der Waals surface area contributed by atoms with E-state index < -0.39 is 18.0 Å². The average Bonchev–Trinajstić information content (AvgIpc) is 2.82. The predicted octanol–water partition coefficient (Wildman–Crippen LogP) is 2.72. The summed E-state index contributed by atoms with van der Waals surface area (Å²) in [7, 11) is 0. The van der Waals surface area contributed by atoms with Crippen LogP contribution in [0.5, 0.6) is 0 Å². The second kappa shape index (κ2) is 6.26. The van der Waals surface area contributed by atoms with Gasteiger partial charge in [-0.2, -0.15) is 0 Å². The van der Waals surface area contributed by atoms with Gasteiger partial charge in [-0.15, -0.1) is 21.5 Å². The number of aryl methyl sites for hydroxylation is 1. The predicted molar refractivity (Wildman–Crippen MR) is 69.2 cm³/mol. The molecule has 0 spiro atoms. The topological polar surface area (TPSA) is 74.5 Å². The molecule has 1 aromatic heterocycles. The average molecular weight is 280 g/mol. The molecule has 0 aliphatic rings. The molecule has 2 aromatic rings. The molecule has 0 aliphatic heterocycles. The highest BCUT2D eigenvalue weighted by atomic mass is 32.1. The van der Waals surface area contributed by atoms with Gasteiger partial charge >= 0.3 is 0 Å². The van der Waals surface area contributed by atoms with Gasteiger partial charge in [0.25, 0.3) is 5.09 Å². The highest BCUT2D eigenvalue weighted by Crippen LogP contribution is 2.30. The van der Waals surface area contributed by atoms with E-state index in [0.717, 1.165) is 16.1 Å². The summed E-state index contributed by atoms with van der Waals surface area (Å²) in [6, 6.07) is 9.46. The second-order valence-electron chi connectivity index (χ2n) is 3.73. The van der Waals surface area contributed by atoms with Crippen LogP contribution in [0.1, 0.15) is 22.2 Å². The van der Waals surface area contributed by atoms with Crippen LogP contribution in [0, 0.1) is 17.0 Å². The first-order valence-electron chi connectivity index (χ1n) is 5.52.